The van der Waals surface area contributed by atoms with E-state index in [1.165, 1.54) is 6.07 Å². The number of nitrogens with zero attached hydrogens (tertiary/aromatic N) is 1. The molecule has 0 spiro atoms. The van der Waals surface area contributed by atoms with E-state index in [1.807, 2.05) is 13.8 Å². The Labute approximate surface area is 106 Å². The molecule has 5 nitrogen and oxygen atoms in total. The molecule has 3 N–H and O–H groups in total. The van der Waals surface area contributed by atoms with Crippen molar-refractivity contribution in [1.82, 2.24) is 4.90 Å². The van der Waals surface area contributed by atoms with Gasteiger partial charge in [0, 0.05) is 12.1 Å². The lowest BCUT2D eigenvalue weighted by molar-refractivity contribution is -0.143. The molecular formula is C13H19NO4. The fourth-order valence-corrected chi connectivity index (χ4v) is 1.98. The van der Waals surface area contributed by atoms with Gasteiger partial charge in [-0.15, -0.1) is 0 Å². The van der Waals surface area contributed by atoms with Crippen LogP contribution in [0, 0.1) is 6.92 Å². The van der Waals surface area contributed by atoms with Crippen molar-refractivity contribution < 1.29 is 20.1 Å². The maximum absolute atomic E-state index is 11.4. The summed E-state index contributed by atoms with van der Waals surface area (Å²) in [5, 5.41) is 28.1. The number of aliphatic hydroxyl groups is 1. The zero-order chi connectivity index (χ0) is 13.7. The van der Waals surface area contributed by atoms with Gasteiger partial charge in [-0.25, -0.2) is 0 Å². The first kappa shape index (κ1) is 14.5. The van der Waals surface area contributed by atoms with E-state index in [-0.39, 0.29) is 18.9 Å². The number of likely N-dealkylation sites (N-methyl/N-ethyl adjacent to an activating group) is 1. The highest BCUT2D eigenvalue weighted by atomic mass is 16.4. The Hall–Kier alpha value is -1.59. The number of phenolic OH excluding ortho intramolecular Hbond substituents is 1. The minimum atomic E-state index is -1.04. The van der Waals surface area contributed by atoms with Gasteiger partial charge in [-0.05, 0) is 19.5 Å². The van der Waals surface area contributed by atoms with Crippen LogP contribution in [0.25, 0.3) is 0 Å². The second-order valence-electron chi connectivity index (χ2n) is 4.16. The quantitative estimate of drug-likeness (QED) is 0.708. The van der Waals surface area contributed by atoms with E-state index >= 15 is 0 Å². The highest BCUT2D eigenvalue weighted by molar-refractivity contribution is 5.76. The fourth-order valence-electron chi connectivity index (χ4n) is 1.98. The molecular weight excluding hydrogens is 234 g/mol. The molecule has 1 rings (SSSR count). The standard InChI is InChI=1S/C13H19NO4/c1-3-14(6-7-15)12(13(17)18)10-8-9(2)4-5-11(10)16/h4-5,8,12,15-16H,3,6-7H2,1-2H3,(H,17,18). The van der Waals surface area contributed by atoms with Gasteiger partial charge in [-0.1, -0.05) is 24.6 Å². The second kappa shape index (κ2) is 6.37. The van der Waals surface area contributed by atoms with Gasteiger partial charge in [0.15, 0.2) is 0 Å². The Morgan fingerprint density at radius 1 is 1.44 bits per heavy atom. The van der Waals surface area contributed by atoms with Crippen LogP contribution in [-0.2, 0) is 4.79 Å². The van der Waals surface area contributed by atoms with Crippen LogP contribution in [0.5, 0.6) is 5.75 Å². The Balaban J connectivity index is 3.18. The summed E-state index contributed by atoms with van der Waals surface area (Å²) in [4.78, 5) is 13.0. The van der Waals surface area contributed by atoms with Crippen LogP contribution < -0.4 is 0 Å². The number of carbonyl (C=O) groups is 1. The predicted molar refractivity (Wildman–Crippen MR) is 67.6 cm³/mol. The Bertz CT molecular complexity index is 419. The maximum Gasteiger partial charge on any atom is 0.325 e. The maximum atomic E-state index is 11.4. The van der Waals surface area contributed by atoms with Gasteiger partial charge in [0.1, 0.15) is 11.8 Å². The van der Waals surface area contributed by atoms with Crippen molar-refractivity contribution in [2.45, 2.75) is 19.9 Å². The van der Waals surface area contributed by atoms with Crippen molar-refractivity contribution in [2.75, 3.05) is 19.7 Å². The molecule has 1 unspecified atom stereocenters. The molecule has 0 aromatic heterocycles. The molecule has 0 radical (unpaired) electrons. The number of aromatic hydroxyl groups is 1. The van der Waals surface area contributed by atoms with Crippen LogP contribution in [0.1, 0.15) is 24.1 Å². The van der Waals surface area contributed by atoms with Crippen molar-refractivity contribution >= 4 is 5.97 Å². The highest BCUT2D eigenvalue weighted by Crippen LogP contribution is 2.29. The summed E-state index contributed by atoms with van der Waals surface area (Å²) in [6.45, 7) is 4.26. The Kier molecular flexibility index (Phi) is 5.12. The van der Waals surface area contributed by atoms with Gasteiger partial charge in [0.25, 0.3) is 0 Å². The molecule has 18 heavy (non-hydrogen) atoms. The van der Waals surface area contributed by atoms with Crippen molar-refractivity contribution in [3.8, 4) is 5.75 Å². The van der Waals surface area contributed by atoms with Gasteiger partial charge in [0.2, 0.25) is 0 Å². The second-order valence-corrected chi connectivity index (χ2v) is 4.16. The number of hydrogen-bond donors (Lipinski definition) is 3. The van der Waals surface area contributed by atoms with Gasteiger partial charge in [0.05, 0.1) is 6.61 Å². The smallest absolute Gasteiger partial charge is 0.325 e. The highest BCUT2D eigenvalue weighted by Gasteiger charge is 2.28. The van der Waals surface area contributed by atoms with Crippen LogP contribution in [0.15, 0.2) is 18.2 Å². The molecule has 5 heteroatoms. The van der Waals surface area contributed by atoms with E-state index < -0.39 is 12.0 Å². The number of phenols is 1. The van der Waals surface area contributed by atoms with E-state index in [1.54, 1.807) is 17.0 Å². The fraction of sp³-hybridized carbons (Fsp3) is 0.462. The molecule has 0 fully saturated rings. The number of aliphatic hydroxyl groups excluding tert-OH is 1. The lowest BCUT2D eigenvalue weighted by atomic mass is 10.0. The summed E-state index contributed by atoms with van der Waals surface area (Å²) in [6.07, 6.45) is 0. The van der Waals surface area contributed by atoms with Gasteiger partial charge < -0.3 is 15.3 Å². The van der Waals surface area contributed by atoms with E-state index in [0.717, 1.165) is 5.56 Å². The molecule has 0 bridgehead atoms. The van der Waals surface area contributed by atoms with Crippen LogP contribution in [-0.4, -0.2) is 45.9 Å². The third-order valence-electron chi connectivity index (χ3n) is 2.87. The number of rotatable bonds is 6. The van der Waals surface area contributed by atoms with Gasteiger partial charge in [-0.3, -0.25) is 9.69 Å². The van der Waals surface area contributed by atoms with Crippen molar-refractivity contribution in [1.29, 1.82) is 0 Å². The predicted octanol–water partition coefficient (Wildman–Crippen LogP) is 1.14. The van der Waals surface area contributed by atoms with Crippen LogP contribution in [0.2, 0.25) is 0 Å². The molecule has 0 aliphatic rings. The van der Waals surface area contributed by atoms with Crippen LogP contribution >= 0.6 is 0 Å². The topological polar surface area (TPSA) is 81.0 Å². The number of carboxylic acids is 1. The third-order valence-corrected chi connectivity index (χ3v) is 2.87. The van der Waals surface area contributed by atoms with Crippen molar-refractivity contribution in [3.05, 3.63) is 29.3 Å². The lowest BCUT2D eigenvalue weighted by Gasteiger charge is -2.27. The van der Waals surface area contributed by atoms with E-state index in [2.05, 4.69) is 0 Å². The molecule has 0 saturated carbocycles. The summed E-state index contributed by atoms with van der Waals surface area (Å²) >= 11 is 0. The first-order chi connectivity index (χ1) is 8.51. The summed E-state index contributed by atoms with van der Waals surface area (Å²) in [5.74, 6) is -1.07. The molecule has 1 aromatic rings. The number of aryl methyl sites for hydroxylation is 1. The molecule has 100 valence electrons. The Morgan fingerprint density at radius 2 is 2.11 bits per heavy atom. The normalized spacial score (nSPS) is 12.7. The minimum absolute atomic E-state index is 0.0376. The minimum Gasteiger partial charge on any atom is -0.508 e. The molecule has 0 aliphatic carbocycles. The molecule has 1 atom stereocenters. The van der Waals surface area contributed by atoms with Crippen LogP contribution in [0.3, 0.4) is 0 Å². The molecule has 0 aliphatic heterocycles. The zero-order valence-corrected chi connectivity index (χ0v) is 10.6. The van der Waals surface area contributed by atoms with Crippen molar-refractivity contribution in [3.63, 3.8) is 0 Å². The van der Waals surface area contributed by atoms with Gasteiger partial charge in [-0.2, -0.15) is 0 Å². The number of hydrogen-bond acceptors (Lipinski definition) is 4. The first-order valence-corrected chi connectivity index (χ1v) is 5.88. The number of benzene rings is 1. The average molecular weight is 253 g/mol. The summed E-state index contributed by atoms with van der Waals surface area (Å²) < 4.78 is 0. The molecule has 0 saturated heterocycles. The van der Waals surface area contributed by atoms with Crippen LogP contribution in [0.4, 0.5) is 0 Å². The molecule has 0 heterocycles. The molecule has 0 amide bonds. The summed E-state index contributed by atoms with van der Waals surface area (Å²) in [7, 11) is 0. The zero-order valence-electron chi connectivity index (χ0n) is 10.6. The van der Waals surface area contributed by atoms with E-state index in [9.17, 15) is 15.0 Å². The van der Waals surface area contributed by atoms with Gasteiger partial charge >= 0.3 is 5.97 Å². The lowest BCUT2D eigenvalue weighted by Crippen LogP contribution is -2.36. The monoisotopic (exact) mass is 253 g/mol. The van der Waals surface area contributed by atoms with E-state index in [0.29, 0.717) is 12.1 Å². The summed E-state index contributed by atoms with van der Waals surface area (Å²) in [6, 6.07) is 3.93. The average Bonchev–Trinajstić information content (AvgIpc) is 2.32. The number of carboxylic acid groups (broad SMARTS) is 1. The Morgan fingerprint density at radius 3 is 2.61 bits per heavy atom. The SMILES string of the molecule is CCN(CCO)C(C(=O)O)c1cc(C)ccc1O. The first-order valence-electron chi connectivity index (χ1n) is 5.88. The number of aliphatic carboxylic acids is 1. The largest absolute Gasteiger partial charge is 0.508 e. The molecule has 1 aromatic carbocycles. The summed E-state index contributed by atoms with van der Waals surface area (Å²) in [5.41, 5.74) is 1.24. The van der Waals surface area contributed by atoms with Crippen molar-refractivity contribution in [2.24, 2.45) is 0 Å². The third kappa shape index (κ3) is 3.21. The van der Waals surface area contributed by atoms with E-state index in [4.69, 9.17) is 5.11 Å².